The van der Waals surface area contributed by atoms with Crippen LogP contribution in [0.1, 0.15) is 19.8 Å². The Morgan fingerprint density at radius 2 is 2.50 bits per heavy atom. The molecule has 2 atom stereocenters. The van der Waals surface area contributed by atoms with Gasteiger partial charge >= 0.3 is 0 Å². The first kappa shape index (κ1) is 7.38. The van der Waals surface area contributed by atoms with Crippen LogP contribution >= 0.6 is 0 Å². The van der Waals surface area contributed by atoms with Crippen LogP contribution in [0.3, 0.4) is 0 Å². The molecule has 0 spiro atoms. The molecule has 1 aliphatic rings. The van der Waals surface area contributed by atoms with E-state index in [0.29, 0.717) is 12.0 Å². The predicted molar refractivity (Wildman–Crippen MR) is 42.9 cm³/mol. The summed E-state index contributed by atoms with van der Waals surface area (Å²) in [6.45, 7) is 2.20. The van der Waals surface area contributed by atoms with E-state index in [1.165, 1.54) is 12.8 Å². The van der Waals surface area contributed by atoms with Crippen molar-refractivity contribution in [3.63, 3.8) is 0 Å². The van der Waals surface area contributed by atoms with Crippen molar-refractivity contribution in [3.05, 3.63) is 0 Å². The van der Waals surface area contributed by atoms with Gasteiger partial charge in [0.1, 0.15) is 0 Å². The van der Waals surface area contributed by atoms with E-state index in [1.54, 1.807) is 7.05 Å². The fourth-order valence-electron chi connectivity index (χ4n) is 1.13. The van der Waals surface area contributed by atoms with Gasteiger partial charge in [-0.1, -0.05) is 13.3 Å². The number of aliphatic imine (C=N–C) groups is 1. The Kier molecular flexibility index (Phi) is 2.14. The van der Waals surface area contributed by atoms with Gasteiger partial charge in [0, 0.05) is 13.1 Å². The molecule has 0 amide bonds. The summed E-state index contributed by atoms with van der Waals surface area (Å²) in [6.07, 6.45) is 2.50. The molecule has 0 unspecified atom stereocenters. The standard InChI is InChI=1S/C7H15N3/c1-3-5-4-6(5)10-7(8)9-2/h5-6H,3-4H2,1-2H3,(H3,8,9,10)/t5-,6-/m1/s1. The number of nitrogens with zero attached hydrogens (tertiary/aromatic N) is 1. The lowest BCUT2D eigenvalue weighted by atomic mass is 10.3. The Morgan fingerprint density at radius 3 is 2.90 bits per heavy atom. The van der Waals surface area contributed by atoms with Crippen LogP contribution in [0.2, 0.25) is 0 Å². The average Bonchev–Trinajstić information content (AvgIpc) is 2.67. The van der Waals surface area contributed by atoms with Crippen molar-refractivity contribution in [1.29, 1.82) is 0 Å². The maximum atomic E-state index is 5.47. The number of nitrogens with two attached hydrogens (primary N) is 1. The summed E-state index contributed by atoms with van der Waals surface area (Å²) in [6, 6.07) is 0.605. The van der Waals surface area contributed by atoms with Crippen molar-refractivity contribution in [2.24, 2.45) is 16.6 Å². The third-order valence-corrected chi connectivity index (χ3v) is 2.02. The normalized spacial score (nSPS) is 32.0. The molecule has 1 rings (SSSR count). The minimum Gasteiger partial charge on any atom is -0.370 e. The van der Waals surface area contributed by atoms with Crippen LogP contribution in [0.25, 0.3) is 0 Å². The zero-order valence-corrected chi connectivity index (χ0v) is 6.59. The maximum Gasteiger partial charge on any atom is 0.188 e. The molecule has 0 saturated heterocycles. The largest absolute Gasteiger partial charge is 0.370 e. The molecule has 0 aromatic heterocycles. The van der Waals surface area contributed by atoms with Crippen molar-refractivity contribution >= 4 is 5.96 Å². The summed E-state index contributed by atoms with van der Waals surface area (Å²) in [5.74, 6) is 1.40. The molecule has 3 nitrogen and oxygen atoms in total. The molecular weight excluding hydrogens is 126 g/mol. The molecule has 0 aliphatic heterocycles. The predicted octanol–water partition coefficient (Wildman–Crippen LogP) is 0.319. The van der Waals surface area contributed by atoms with Crippen LogP contribution in [-0.4, -0.2) is 19.0 Å². The van der Waals surface area contributed by atoms with Crippen LogP contribution in [0.5, 0.6) is 0 Å². The highest BCUT2D eigenvalue weighted by molar-refractivity contribution is 5.78. The highest BCUT2D eigenvalue weighted by Crippen LogP contribution is 2.32. The molecule has 1 fully saturated rings. The van der Waals surface area contributed by atoms with Gasteiger partial charge in [0.25, 0.3) is 0 Å². The van der Waals surface area contributed by atoms with E-state index in [9.17, 15) is 0 Å². The molecule has 0 heterocycles. The third-order valence-electron chi connectivity index (χ3n) is 2.02. The Bertz CT molecular complexity index is 142. The highest BCUT2D eigenvalue weighted by Gasteiger charge is 2.35. The summed E-state index contributed by atoms with van der Waals surface area (Å²) < 4.78 is 0. The Hall–Kier alpha value is -0.730. The second-order valence-corrected chi connectivity index (χ2v) is 2.76. The maximum absolute atomic E-state index is 5.47. The topological polar surface area (TPSA) is 50.4 Å². The third kappa shape index (κ3) is 1.62. The van der Waals surface area contributed by atoms with Crippen molar-refractivity contribution in [2.45, 2.75) is 25.8 Å². The van der Waals surface area contributed by atoms with Gasteiger partial charge in [-0.3, -0.25) is 4.99 Å². The fraction of sp³-hybridized carbons (Fsp3) is 0.857. The zero-order chi connectivity index (χ0) is 7.56. The molecule has 58 valence electrons. The van der Waals surface area contributed by atoms with Gasteiger partial charge in [0.05, 0.1) is 0 Å². The Balaban J connectivity index is 2.17. The van der Waals surface area contributed by atoms with Crippen molar-refractivity contribution in [2.75, 3.05) is 7.05 Å². The second-order valence-electron chi connectivity index (χ2n) is 2.76. The van der Waals surface area contributed by atoms with E-state index >= 15 is 0 Å². The van der Waals surface area contributed by atoms with Crippen molar-refractivity contribution in [1.82, 2.24) is 5.32 Å². The average molecular weight is 141 g/mol. The van der Waals surface area contributed by atoms with Crippen molar-refractivity contribution in [3.8, 4) is 0 Å². The molecule has 1 aliphatic carbocycles. The summed E-state index contributed by atoms with van der Waals surface area (Å²) in [5, 5.41) is 3.13. The molecule has 0 aromatic rings. The first-order valence-corrected chi connectivity index (χ1v) is 3.76. The van der Waals surface area contributed by atoms with E-state index in [-0.39, 0.29) is 0 Å². The molecule has 0 aromatic carbocycles. The van der Waals surface area contributed by atoms with Gasteiger partial charge in [-0.15, -0.1) is 0 Å². The van der Waals surface area contributed by atoms with Crippen LogP contribution in [-0.2, 0) is 0 Å². The van der Waals surface area contributed by atoms with Crippen LogP contribution < -0.4 is 11.1 Å². The van der Waals surface area contributed by atoms with E-state index in [4.69, 9.17) is 5.73 Å². The van der Waals surface area contributed by atoms with E-state index in [0.717, 1.165) is 5.92 Å². The van der Waals surface area contributed by atoms with Gasteiger partial charge in [0.2, 0.25) is 0 Å². The molecule has 0 radical (unpaired) electrons. The minimum absolute atomic E-state index is 0.570. The van der Waals surface area contributed by atoms with E-state index < -0.39 is 0 Å². The van der Waals surface area contributed by atoms with Crippen LogP contribution in [0.15, 0.2) is 4.99 Å². The summed E-state index contributed by atoms with van der Waals surface area (Å²) in [5.41, 5.74) is 5.47. The number of guanidine groups is 1. The van der Waals surface area contributed by atoms with Crippen LogP contribution in [0.4, 0.5) is 0 Å². The van der Waals surface area contributed by atoms with Gasteiger partial charge in [-0.2, -0.15) is 0 Å². The van der Waals surface area contributed by atoms with E-state index in [1.807, 2.05) is 0 Å². The number of hydrogen-bond acceptors (Lipinski definition) is 1. The van der Waals surface area contributed by atoms with Crippen LogP contribution in [0, 0.1) is 5.92 Å². The fourth-order valence-corrected chi connectivity index (χ4v) is 1.13. The highest BCUT2D eigenvalue weighted by atomic mass is 15.1. The van der Waals surface area contributed by atoms with Gasteiger partial charge in [0.15, 0.2) is 5.96 Å². The van der Waals surface area contributed by atoms with Gasteiger partial charge < -0.3 is 11.1 Å². The second kappa shape index (κ2) is 2.90. The number of rotatable bonds is 2. The molecule has 0 bridgehead atoms. The van der Waals surface area contributed by atoms with Gasteiger partial charge in [-0.25, -0.2) is 0 Å². The molecule has 1 saturated carbocycles. The lowest BCUT2D eigenvalue weighted by Gasteiger charge is -2.01. The van der Waals surface area contributed by atoms with E-state index in [2.05, 4.69) is 17.2 Å². The molecule has 3 heteroatoms. The SMILES string of the molecule is CC[C@@H]1C[C@H]1NC(N)=NC. The van der Waals surface area contributed by atoms with Crippen molar-refractivity contribution < 1.29 is 0 Å². The first-order chi connectivity index (χ1) is 4.77. The summed E-state index contributed by atoms with van der Waals surface area (Å²) >= 11 is 0. The monoisotopic (exact) mass is 141 g/mol. The minimum atomic E-state index is 0.570. The smallest absolute Gasteiger partial charge is 0.188 e. The lowest BCUT2D eigenvalue weighted by molar-refractivity contribution is 0.720. The number of hydrogen-bond donors (Lipinski definition) is 2. The quantitative estimate of drug-likeness (QED) is 0.430. The molecule has 10 heavy (non-hydrogen) atoms. The lowest BCUT2D eigenvalue weighted by Crippen LogP contribution is -2.33. The number of nitrogens with one attached hydrogen (secondary N) is 1. The Labute approximate surface area is 61.7 Å². The zero-order valence-electron chi connectivity index (χ0n) is 6.59. The molecular formula is C7H15N3. The molecule has 3 N–H and O–H groups in total. The summed E-state index contributed by atoms with van der Waals surface area (Å²) in [7, 11) is 1.70. The first-order valence-electron chi connectivity index (χ1n) is 3.76. The van der Waals surface area contributed by atoms with Gasteiger partial charge in [-0.05, 0) is 12.3 Å². The summed E-state index contributed by atoms with van der Waals surface area (Å²) in [4.78, 5) is 3.82. The Morgan fingerprint density at radius 1 is 1.80 bits per heavy atom.